The van der Waals surface area contributed by atoms with Crippen LogP contribution in [-0.4, -0.2) is 12.7 Å². The number of nitrogens with one attached hydrogen (secondary N) is 1. The highest BCUT2D eigenvalue weighted by molar-refractivity contribution is 5.94. The van der Waals surface area contributed by atoms with Gasteiger partial charge >= 0.3 is 0 Å². The molecule has 0 saturated heterocycles. The van der Waals surface area contributed by atoms with Crippen molar-refractivity contribution in [1.82, 2.24) is 0 Å². The number of nitrogens with two attached hydrogens (primary N) is 1. The molecule has 1 aromatic carbocycles. The van der Waals surface area contributed by atoms with Gasteiger partial charge in [0.2, 0.25) is 12.7 Å². The lowest BCUT2D eigenvalue weighted by atomic mass is 9.96. The second-order valence-electron chi connectivity index (χ2n) is 5.90. The van der Waals surface area contributed by atoms with Crippen LogP contribution >= 0.6 is 12.4 Å². The molecule has 122 valence electrons. The molecule has 2 aliphatic rings. The zero-order chi connectivity index (χ0) is 14.7. The highest BCUT2D eigenvalue weighted by Gasteiger charge is 2.19. The van der Waals surface area contributed by atoms with Crippen LogP contribution in [0.1, 0.15) is 44.9 Å². The molecule has 1 aliphatic carbocycles. The topological polar surface area (TPSA) is 73.6 Å². The molecule has 5 nitrogen and oxygen atoms in total. The van der Waals surface area contributed by atoms with E-state index in [-0.39, 0.29) is 25.1 Å². The molecule has 1 saturated carbocycles. The van der Waals surface area contributed by atoms with Crippen LogP contribution in [0.15, 0.2) is 12.1 Å². The average Bonchev–Trinajstić information content (AvgIpc) is 2.74. The van der Waals surface area contributed by atoms with Crippen molar-refractivity contribution in [2.75, 3.05) is 17.8 Å². The minimum Gasteiger partial charge on any atom is -0.454 e. The summed E-state index contributed by atoms with van der Waals surface area (Å²) in [7, 11) is 0. The number of ether oxygens (including phenoxy) is 2. The van der Waals surface area contributed by atoms with Gasteiger partial charge in [-0.25, -0.2) is 0 Å². The fraction of sp³-hybridized carbons (Fsp3) is 0.562. The van der Waals surface area contributed by atoms with Crippen LogP contribution in [0.2, 0.25) is 0 Å². The van der Waals surface area contributed by atoms with Crippen LogP contribution in [0.4, 0.5) is 11.4 Å². The summed E-state index contributed by atoms with van der Waals surface area (Å²) in [6.45, 7) is 0.203. The third kappa shape index (κ3) is 3.97. The number of hydrogen-bond donors (Lipinski definition) is 2. The van der Waals surface area contributed by atoms with Crippen LogP contribution in [-0.2, 0) is 4.79 Å². The maximum absolute atomic E-state index is 12.2. The molecule has 1 heterocycles. The lowest BCUT2D eigenvalue weighted by Crippen LogP contribution is -2.17. The Hall–Kier alpha value is -1.62. The highest BCUT2D eigenvalue weighted by atomic mass is 35.5. The first-order valence-electron chi connectivity index (χ1n) is 7.71. The van der Waals surface area contributed by atoms with Crippen molar-refractivity contribution < 1.29 is 14.3 Å². The molecule has 22 heavy (non-hydrogen) atoms. The molecular weight excluding hydrogens is 304 g/mol. The second kappa shape index (κ2) is 7.58. The van der Waals surface area contributed by atoms with Gasteiger partial charge in [0.25, 0.3) is 0 Å². The lowest BCUT2D eigenvalue weighted by Gasteiger charge is -2.14. The number of halogens is 1. The van der Waals surface area contributed by atoms with Crippen LogP contribution < -0.4 is 20.5 Å². The average molecular weight is 327 g/mol. The van der Waals surface area contributed by atoms with Gasteiger partial charge in [0.05, 0.1) is 11.4 Å². The maximum Gasteiger partial charge on any atom is 0.231 e. The van der Waals surface area contributed by atoms with E-state index in [9.17, 15) is 4.79 Å². The Balaban J connectivity index is 0.00000176. The third-order valence-electron chi connectivity index (χ3n) is 4.27. The highest BCUT2D eigenvalue weighted by Crippen LogP contribution is 2.38. The lowest BCUT2D eigenvalue weighted by molar-refractivity contribution is -0.117. The number of benzene rings is 1. The van der Waals surface area contributed by atoms with Crippen LogP contribution in [0, 0.1) is 5.92 Å². The predicted octanol–water partition coefficient (Wildman–Crippen LogP) is 3.72. The zero-order valence-electron chi connectivity index (χ0n) is 12.6. The van der Waals surface area contributed by atoms with Gasteiger partial charge < -0.3 is 20.5 Å². The minimum atomic E-state index is 0. The molecule has 0 aromatic heterocycles. The number of fused-ring (bicyclic) bond motifs is 1. The van der Waals surface area contributed by atoms with Crippen molar-refractivity contribution in [3.8, 4) is 11.5 Å². The monoisotopic (exact) mass is 326 g/mol. The van der Waals surface area contributed by atoms with E-state index in [0.717, 1.165) is 12.8 Å². The van der Waals surface area contributed by atoms with Crippen molar-refractivity contribution in [2.45, 2.75) is 44.9 Å². The summed E-state index contributed by atoms with van der Waals surface area (Å²) in [4.78, 5) is 12.2. The number of rotatable bonds is 3. The zero-order valence-corrected chi connectivity index (χ0v) is 13.4. The first-order chi connectivity index (χ1) is 10.2. The first kappa shape index (κ1) is 16.7. The molecule has 3 rings (SSSR count). The fourth-order valence-electron chi connectivity index (χ4n) is 3.10. The van der Waals surface area contributed by atoms with Gasteiger partial charge in [0, 0.05) is 18.6 Å². The number of hydrogen-bond acceptors (Lipinski definition) is 4. The molecule has 0 bridgehead atoms. The van der Waals surface area contributed by atoms with Gasteiger partial charge in [0.15, 0.2) is 11.5 Å². The summed E-state index contributed by atoms with van der Waals surface area (Å²) >= 11 is 0. The van der Waals surface area contributed by atoms with Gasteiger partial charge in [-0.1, -0.05) is 25.7 Å². The van der Waals surface area contributed by atoms with Crippen molar-refractivity contribution in [3.05, 3.63) is 12.1 Å². The fourth-order valence-corrected chi connectivity index (χ4v) is 3.10. The Morgan fingerprint density at radius 1 is 1.14 bits per heavy atom. The standard InChI is InChI=1S/C16H22N2O3.ClH/c17-12-8-14-15(21-10-20-14)9-13(12)18-16(19)7-11-5-3-1-2-4-6-11;/h8-9,11H,1-7,10,17H2,(H,18,19);1H. The second-order valence-corrected chi connectivity index (χ2v) is 5.90. The first-order valence-corrected chi connectivity index (χ1v) is 7.71. The van der Waals surface area contributed by atoms with Gasteiger partial charge in [-0.3, -0.25) is 4.79 Å². The molecule has 3 N–H and O–H groups in total. The molecule has 0 atom stereocenters. The van der Waals surface area contributed by atoms with Gasteiger partial charge in [-0.2, -0.15) is 0 Å². The van der Waals surface area contributed by atoms with Crippen molar-refractivity contribution in [1.29, 1.82) is 0 Å². The Kier molecular flexibility index (Phi) is 5.77. The molecule has 0 spiro atoms. The Labute approximate surface area is 137 Å². The SMILES string of the molecule is Cl.Nc1cc2c(cc1NC(=O)CC1CCCCCC1)OCO2. The quantitative estimate of drug-likeness (QED) is 0.656. The summed E-state index contributed by atoms with van der Waals surface area (Å²) in [5, 5.41) is 2.91. The molecule has 1 aliphatic heterocycles. The molecule has 0 unspecified atom stereocenters. The van der Waals surface area contributed by atoms with E-state index in [1.807, 2.05) is 0 Å². The maximum atomic E-state index is 12.2. The third-order valence-corrected chi connectivity index (χ3v) is 4.27. The van der Waals surface area contributed by atoms with Crippen LogP contribution in [0.25, 0.3) is 0 Å². The summed E-state index contributed by atoms with van der Waals surface area (Å²) in [6.07, 6.45) is 7.97. The molecular formula is C16H23ClN2O3. The van der Waals surface area contributed by atoms with E-state index in [0.29, 0.717) is 35.2 Å². The molecule has 1 fully saturated rings. The van der Waals surface area contributed by atoms with Crippen molar-refractivity contribution in [2.24, 2.45) is 5.92 Å². The molecule has 0 radical (unpaired) electrons. The number of nitrogen functional groups attached to an aromatic ring is 1. The normalized spacial score (nSPS) is 17.5. The Bertz CT molecular complexity index is 528. The molecule has 1 aromatic rings. The van der Waals surface area contributed by atoms with E-state index in [1.54, 1.807) is 12.1 Å². The van der Waals surface area contributed by atoms with E-state index < -0.39 is 0 Å². The minimum absolute atomic E-state index is 0. The largest absolute Gasteiger partial charge is 0.454 e. The Morgan fingerprint density at radius 2 is 1.77 bits per heavy atom. The summed E-state index contributed by atoms with van der Waals surface area (Å²) in [5.41, 5.74) is 7.07. The van der Waals surface area contributed by atoms with Gasteiger partial charge in [0.1, 0.15) is 0 Å². The number of anilines is 2. The van der Waals surface area contributed by atoms with Gasteiger partial charge in [-0.15, -0.1) is 12.4 Å². The van der Waals surface area contributed by atoms with Crippen molar-refractivity contribution >= 4 is 29.7 Å². The van der Waals surface area contributed by atoms with E-state index in [2.05, 4.69) is 5.32 Å². The van der Waals surface area contributed by atoms with Crippen LogP contribution in [0.5, 0.6) is 11.5 Å². The van der Waals surface area contributed by atoms with Crippen molar-refractivity contribution in [3.63, 3.8) is 0 Å². The van der Waals surface area contributed by atoms with E-state index in [1.165, 1.54) is 25.7 Å². The van der Waals surface area contributed by atoms with E-state index in [4.69, 9.17) is 15.2 Å². The van der Waals surface area contributed by atoms with E-state index >= 15 is 0 Å². The predicted molar refractivity (Wildman–Crippen MR) is 88.7 cm³/mol. The molecule has 6 heteroatoms. The summed E-state index contributed by atoms with van der Waals surface area (Å²) < 4.78 is 10.6. The van der Waals surface area contributed by atoms with Crippen LogP contribution in [0.3, 0.4) is 0 Å². The number of amides is 1. The summed E-state index contributed by atoms with van der Waals surface area (Å²) in [5.74, 6) is 1.80. The number of carbonyl (C=O) groups excluding carboxylic acids is 1. The van der Waals surface area contributed by atoms with Gasteiger partial charge in [-0.05, 0) is 18.8 Å². The molecule has 1 amide bonds. The Morgan fingerprint density at radius 3 is 2.45 bits per heavy atom. The number of carbonyl (C=O) groups is 1. The smallest absolute Gasteiger partial charge is 0.231 e. The summed E-state index contributed by atoms with van der Waals surface area (Å²) in [6, 6.07) is 3.44.